The van der Waals surface area contributed by atoms with Crippen molar-refractivity contribution in [1.29, 1.82) is 5.26 Å². The summed E-state index contributed by atoms with van der Waals surface area (Å²) in [5.74, 6) is -1.74. The molecular formula is C29H37F2N3O2. The van der Waals surface area contributed by atoms with Gasteiger partial charge in [0.2, 0.25) is 5.91 Å². The average Bonchev–Trinajstić information content (AvgIpc) is 2.81. The summed E-state index contributed by atoms with van der Waals surface area (Å²) in [7, 11) is 0. The number of hydrogen-bond donors (Lipinski definition) is 3. The Labute approximate surface area is 212 Å². The highest BCUT2D eigenvalue weighted by Crippen LogP contribution is 2.39. The Morgan fingerprint density at radius 2 is 1.72 bits per heavy atom. The molecule has 3 rings (SSSR count). The quantitative estimate of drug-likeness (QED) is 0.480. The lowest BCUT2D eigenvalue weighted by Crippen LogP contribution is -2.53. The predicted molar refractivity (Wildman–Crippen MR) is 136 cm³/mol. The lowest BCUT2D eigenvalue weighted by Gasteiger charge is -2.41. The molecule has 1 aliphatic rings. The molecule has 0 spiro atoms. The van der Waals surface area contributed by atoms with Gasteiger partial charge in [0, 0.05) is 25.1 Å². The third-order valence-corrected chi connectivity index (χ3v) is 7.07. The summed E-state index contributed by atoms with van der Waals surface area (Å²) in [6, 6.07) is 10.8. The van der Waals surface area contributed by atoms with Crippen molar-refractivity contribution >= 4 is 5.91 Å². The Hall–Kier alpha value is -2.82. The molecule has 36 heavy (non-hydrogen) atoms. The summed E-state index contributed by atoms with van der Waals surface area (Å²) in [6.45, 7) is 7.87. The van der Waals surface area contributed by atoms with Gasteiger partial charge in [-0.25, -0.2) is 8.78 Å². The molecule has 0 heterocycles. The maximum Gasteiger partial charge on any atom is 0.217 e. The molecular weight excluding hydrogens is 460 g/mol. The molecule has 3 N–H and O–H groups in total. The molecule has 0 aromatic heterocycles. The van der Waals surface area contributed by atoms with Crippen LogP contribution in [-0.4, -0.2) is 29.7 Å². The SMILES string of the molecule is CC(=O)NC(Cc1cc(F)cc(F)c1)C(O)CNC1(c2cc(C#N)cc(C(C)(C)C)c2)CCCCC1. The van der Waals surface area contributed by atoms with Crippen LogP contribution >= 0.6 is 0 Å². The van der Waals surface area contributed by atoms with E-state index in [1.165, 1.54) is 19.1 Å². The highest BCUT2D eigenvalue weighted by atomic mass is 19.1. The van der Waals surface area contributed by atoms with E-state index < -0.39 is 29.3 Å². The van der Waals surface area contributed by atoms with Crippen LogP contribution in [-0.2, 0) is 22.2 Å². The van der Waals surface area contributed by atoms with Gasteiger partial charge in [-0.3, -0.25) is 4.79 Å². The number of nitriles is 1. The summed E-state index contributed by atoms with van der Waals surface area (Å²) in [5.41, 5.74) is 2.52. The Kier molecular flexibility index (Phi) is 8.86. The van der Waals surface area contributed by atoms with Crippen molar-refractivity contribution in [2.45, 2.75) is 89.3 Å². The number of aliphatic hydroxyl groups is 1. The number of nitrogens with one attached hydrogen (secondary N) is 2. The van der Waals surface area contributed by atoms with Crippen LogP contribution in [0.15, 0.2) is 36.4 Å². The molecule has 0 bridgehead atoms. The molecule has 194 valence electrons. The summed E-state index contributed by atoms with van der Waals surface area (Å²) >= 11 is 0. The van der Waals surface area contributed by atoms with Crippen molar-refractivity contribution in [3.8, 4) is 6.07 Å². The van der Waals surface area contributed by atoms with Gasteiger partial charge < -0.3 is 15.7 Å². The Balaban J connectivity index is 1.87. The fourth-order valence-corrected chi connectivity index (χ4v) is 5.09. The minimum atomic E-state index is -1.000. The van der Waals surface area contributed by atoms with E-state index in [1.807, 2.05) is 12.1 Å². The normalized spacial score (nSPS) is 17.2. The first kappa shape index (κ1) is 27.8. The van der Waals surface area contributed by atoms with Gasteiger partial charge >= 0.3 is 0 Å². The molecule has 0 aliphatic heterocycles. The minimum absolute atomic E-state index is 0.0855. The zero-order valence-electron chi connectivity index (χ0n) is 21.6. The number of rotatable bonds is 8. The van der Waals surface area contributed by atoms with Gasteiger partial charge in [-0.05, 0) is 65.6 Å². The van der Waals surface area contributed by atoms with Gasteiger partial charge in [-0.1, -0.05) is 46.1 Å². The van der Waals surface area contributed by atoms with E-state index in [-0.39, 0.29) is 24.3 Å². The Morgan fingerprint density at radius 1 is 1.08 bits per heavy atom. The van der Waals surface area contributed by atoms with Crippen LogP contribution in [0.2, 0.25) is 0 Å². The van der Waals surface area contributed by atoms with E-state index in [9.17, 15) is 23.9 Å². The van der Waals surface area contributed by atoms with Crippen molar-refractivity contribution in [3.63, 3.8) is 0 Å². The van der Waals surface area contributed by atoms with Gasteiger partial charge in [-0.2, -0.15) is 5.26 Å². The average molecular weight is 498 g/mol. The van der Waals surface area contributed by atoms with E-state index in [0.717, 1.165) is 49.3 Å². The number of halogens is 2. The summed E-state index contributed by atoms with van der Waals surface area (Å²) in [5, 5.41) is 27.1. The van der Waals surface area contributed by atoms with Crippen LogP contribution in [0.5, 0.6) is 0 Å². The third-order valence-electron chi connectivity index (χ3n) is 7.07. The number of nitrogens with zero attached hydrogens (tertiary/aromatic N) is 1. The van der Waals surface area contributed by atoms with Crippen LogP contribution in [0.3, 0.4) is 0 Å². The number of carbonyl (C=O) groups excluding carboxylic acids is 1. The fraction of sp³-hybridized carbons (Fsp3) is 0.517. The number of amides is 1. The molecule has 5 nitrogen and oxygen atoms in total. The van der Waals surface area contributed by atoms with Gasteiger partial charge in [0.05, 0.1) is 23.8 Å². The summed E-state index contributed by atoms with van der Waals surface area (Å²) in [6.07, 6.45) is 3.96. The molecule has 0 radical (unpaired) electrons. The molecule has 0 saturated heterocycles. The second-order valence-electron chi connectivity index (χ2n) is 11.0. The van der Waals surface area contributed by atoms with Crippen molar-refractivity contribution in [2.75, 3.05) is 6.54 Å². The van der Waals surface area contributed by atoms with Crippen LogP contribution in [0.25, 0.3) is 0 Å². The molecule has 2 aromatic rings. The Bertz CT molecular complexity index is 1090. The molecule has 1 fully saturated rings. The molecule has 2 atom stereocenters. The third kappa shape index (κ3) is 7.11. The number of hydrogen-bond acceptors (Lipinski definition) is 4. The van der Waals surface area contributed by atoms with Crippen LogP contribution < -0.4 is 10.6 Å². The van der Waals surface area contributed by atoms with Gasteiger partial charge in [-0.15, -0.1) is 0 Å². The van der Waals surface area contributed by atoms with Gasteiger partial charge in [0.15, 0.2) is 0 Å². The maximum absolute atomic E-state index is 13.7. The largest absolute Gasteiger partial charge is 0.390 e. The molecule has 2 aromatic carbocycles. The van der Waals surface area contributed by atoms with Crippen molar-refractivity contribution in [3.05, 3.63) is 70.3 Å². The second-order valence-corrected chi connectivity index (χ2v) is 11.0. The molecule has 1 amide bonds. The van der Waals surface area contributed by atoms with Gasteiger partial charge in [0.25, 0.3) is 0 Å². The predicted octanol–water partition coefficient (Wildman–Crippen LogP) is 4.99. The van der Waals surface area contributed by atoms with E-state index in [1.54, 1.807) is 0 Å². The maximum atomic E-state index is 13.7. The molecule has 1 saturated carbocycles. The van der Waals surface area contributed by atoms with Crippen LogP contribution in [0.4, 0.5) is 8.78 Å². The molecule has 1 aliphatic carbocycles. The topological polar surface area (TPSA) is 85.2 Å². The fourth-order valence-electron chi connectivity index (χ4n) is 5.09. The first-order valence-electron chi connectivity index (χ1n) is 12.6. The number of carbonyl (C=O) groups is 1. The van der Waals surface area contributed by atoms with Crippen molar-refractivity contribution in [1.82, 2.24) is 10.6 Å². The van der Waals surface area contributed by atoms with E-state index >= 15 is 0 Å². The standard InChI is InChI=1S/C29H37F2N3O2/c1-19(35)34-26(14-20-12-24(30)16-25(31)13-20)27(36)18-33-29(8-6-5-7-9-29)23-11-21(17-32)10-22(15-23)28(2,3)4/h10-13,15-16,26-27,33,36H,5-9,14,18H2,1-4H3,(H,34,35). The first-order valence-corrected chi connectivity index (χ1v) is 12.6. The molecule has 7 heteroatoms. The molecule has 2 unspecified atom stereocenters. The summed E-state index contributed by atoms with van der Waals surface area (Å²) in [4.78, 5) is 11.9. The van der Waals surface area contributed by atoms with E-state index in [0.29, 0.717) is 11.1 Å². The monoisotopic (exact) mass is 497 g/mol. The van der Waals surface area contributed by atoms with Gasteiger partial charge in [0.1, 0.15) is 11.6 Å². The van der Waals surface area contributed by atoms with Crippen molar-refractivity contribution < 1.29 is 18.7 Å². The zero-order chi connectivity index (χ0) is 26.5. The lowest BCUT2D eigenvalue weighted by molar-refractivity contribution is -0.120. The van der Waals surface area contributed by atoms with Crippen molar-refractivity contribution in [2.24, 2.45) is 0 Å². The Morgan fingerprint density at radius 3 is 2.28 bits per heavy atom. The zero-order valence-corrected chi connectivity index (χ0v) is 21.6. The minimum Gasteiger partial charge on any atom is -0.390 e. The van der Waals surface area contributed by atoms with Crippen LogP contribution in [0.1, 0.15) is 82.1 Å². The highest BCUT2D eigenvalue weighted by molar-refractivity contribution is 5.73. The number of benzene rings is 2. The number of aliphatic hydroxyl groups excluding tert-OH is 1. The lowest BCUT2D eigenvalue weighted by atomic mass is 9.74. The second kappa shape index (κ2) is 11.5. The van der Waals surface area contributed by atoms with E-state index in [4.69, 9.17) is 0 Å². The summed E-state index contributed by atoms with van der Waals surface area (Å²) < 4.78 is 27.4. The highest BCUT2D eigenvalue weighted by Gasteiger charge is 2.36. The van der Waals surface area contributed by atoms with E-state index in [2.05, 4.69) is 43.5 Å². The first-order chi connectivity index (χ1) is 16.9. The smallest absolute Gasteiger partial charge is 0.217 e. The van der Waals surface area contributed by atoms with Crippen LogP contribution in [0, 0.1) is 23.0 Å².